The Labute approximate surface area is 87.7 Å². The summed E-state index contributed by atoms with van der Waals surface area (Å²) in [6.07, 6.45) is 10.1. The fraction of sp³-hybridized carbons (Fsp3) is 0.846. The van der Waals surface area contributed by atoms with Crippen molar-refractivity contribution < 1.29 is 0 Å². The van der Waals surface area contributed by atoms with E-state index in [2.05, 4.69) is 17.2 Å². The van der Waals surface area contributed by atoms with Crippen LogP contribution in [0, 0.1) is 17.3 Å². The van der Waals surface area contributed by atoms with Gasteiger partial charge in [0.05, 0.1) is 6.54 Å². The lowest BCUT2D eigenvalue weighted by molar-refractivity contribution is 0.0256. The van der Waals surface area contributed by atoms with Gasteiger partial charge in [-0.05, 0) is 38.0 Å². The second kappa shape index (κ2) is 4.36. The number of hydrogen-bond acceptors (Lipinski definition) is 1. The summed E-state index contributed by atoms with van der Waals surface area (Å²) in [5, 5.41) is 3.61. The van der Waals surface area contributed by atoms with Crippen LogP contribution >= 0.6 is 0 Å². The molecule has 0 aromatic carbocycles. The van der Waals surface area contributed by atoms with Crippen molar-refractivity contribution in [2.24, 2.45) is 5.41 Å². The van der Waals surface area contributed by atoms with E-state index in [1.807, 2.05) is 6.92 Å². The second-order valence-electron chi connectivity index (χ2n) is 4.82. The third-order valence-electron chi connectivity index (χ3n) is 4.13. The standard InChI is InChI=1S/C13H21N/c1-2-3-11-14-12-7-10-13(12)8-5-4-6-9-13/h12,14H,4-11H2,1H3. The van der Waals surface area contributed by atoms with Gasteiger partial charge in [-0.15, -0.1) is 5.92 Å². The van der Waals surface area contributed by atoms with Gasteiger partial charge in [0, 0.05) is 6.04 Å². The predicted octanol–water partition coefficient (Wildman–Crippen LogP) is 2.71. The van der Waals surface area contributed by atoms with E-state index < -0.39 is 0 Å². The maximum absolute atomic E-state index is 3.61. The Hall–Kier alpha value is -0.480. The van der Waals surface area contributed by atoms with Gasteiger partial charge < -0.3 is 5.32 Å². The van der Waals surface area contributed by atoms with E-state index in [0.29, 0.717) is 5.41 Å². The van der Waals surface area contributed by atoms with E-state index >= 15 is 0 Å². The zero-order valence-electron chi connectivity index (χ0n) is 9.23. The molecule has 2 rings (SSSR count). The Morgan fingerprint density at radius 1 is 1.21 bits per heavy atom. The summed E-state index contributed by atoms with van der Waals surface area (Å²) in [7, 11) is 0. The molecule has 1 atom stereocenters. The molecule has 0 radical (unpaired) electrons. The van der Waals surface area contributed by atoms with Crippen molar-refractivity contribution in [1.29, 1.82) is 0 Å². The molecule has 2 saturated carbocycles. The highest BCUT2D eigenvalue weighted by Crippen LogP contribution is 2.51. The van der Waals surface area contributed by atoms with Crippen molar-refractivity contribution in [2.45, 2.75) is 57.9 Å². The Bertz CT molecular complexity index is 240. The maximum Gasteiger partial charge on any atom is 0.0578 e. The molecule has 0 heterocycles. The largest absolute Gasteiger partial charge is 0.303 e. The van der Waals surface area contributed by atoms with Crippen molar-refractivity contribution in [3.8, 4) is 11.8 Å². The molecular weight excluding hydrogens is 170 g/mol. The van der Waals surface area contributed by atoms with E-state index in [1.165, 1.54) is 44.9 Å². The third kappa shape index (κ3) is 1.81. The molecule has 1 heteroatoms. The molecule has 0 bridgehead atoms. The van der Waals surface area contributed by atoms with Crippen molar-refractivity contribution in [3.63, 3.8) is 0 Å². The lowest BCUT2D eigenvalue weighted by Gasteiger charge is -2.52. The zero-order valence-corrected chi connectivity index (χ0v) is 9.23. The monoisotopic (exact) mass is 191 g/mol. The van der Waals surface area contributed by atoms with Gasteiger partial charge >= 0.3 is 0 Å². The summed E-state index contributed by atoms with van der Waals surface area (Å²) in [5.41, 5.74) is 0.688. The van der Waals surface area contributed by atoms with E-state index in [0.717, 1.165) is 12.6 Å². The quantitative estimate of drug-likeness (QED) is 0.662. The maximum atomic E-state index is 3.61. The second-order valence-corrected chi connectivity index (χ2v) is 4.82. The molecule has 1 nitrogen and oxygen atoms in total. The summed E-state index contributed by atoms with van der Waals surface area (Å²) in [5.74, 6) is 6.06. The molecule has 0 aromatic rings. The molecule has 1 spiro atoms. The summed E-state index contributed by atoms with van der Waals surface area (Å²) < 4.78 is 0. The van der Waals surface area contributed by atoms with Crippen LogP contribution in [0.5, 0.6) is 0 Å². The first-order valence-electron chi connectivity index (χ1n) is 6.00. The predicted molar refractivity (Wildman–Crippen MR) is 60.0 cm³/mol. The van der Waals surface area contributed by atoms with Crippen LogP contribution in [0.2, 0.25) is 0 Å². The summed E-state index contributed by atoms with van der Waals surface area (Å²) >= 11 is 0. The highest BCUT2D eigenvalue weighted by molar-refractivity contribution is 5.05. The smallest absolute Gasteiger partial charge is 0.0578 e. The van der Waals surface area contributed by atoms with Gasteiger partial charge in [0.1, 0.15) is 0 Å². The summed E-state index contributed by atoms with van der Waals surface area (Å²) in [6, 6.07) is 0.781. The Balaban J connectivity index is 1.83. The van der Waals surface area contributed by atoms with Gasteiger partial charge in [-0.1, -0.05) is 25.2 Å². The molecular formula is C13H21N. The van der Waals surface area contributed by atoms with Gasteiger partial charge in [0.2, 0.25) is 0 Å². The third-order valence-corrected chi connectivity index (χ3v) is 4.13. The topological polar surface area (TPSA) is 12.0 Å². The first kappa shape index (κ1) is 10.1. The number of hydrogen-bond donors (Lipinski definition) is 1. The number of rotatable bonds is 2. The number of nitrogens with one attached hydrogen (secondary N) is 1. The SMILES string of the molecule is CC#CCNC1CCC12CCCCC2. The highest BCUT2D eigenvalue weighted by Gasteiger charge is 2.46. The molecule has 2 aliphatic carbocycles. The lowest BCUT2D eigenvalue weighted by Crippen LogP contribution is -2.54. The fourth-order valence-electron chi connectivity index (χ4n) is 3.13. The van der Waals surface area contributed by atoms with Crippen LogP contribution in [0.4, 0.5) is 0 Å². The lowest BCUT2D eigenvalue weighted by atomic mass is 9.57. The first-order chi connectivity index (χ1) is 6.87. The molecule has 14 heavy (non-hydrogen) atoms. The molecule has 1 N–H and O–H groups in total. The Morgan fingerprint density at radius 3 is 2.57 bits per heavy atom. The van der Waals surface area contributed by atoms with E-state index in [4.69, 9.17) is 0 Å². The Kier molecular flexibility index (Phi) is 3.13. The van der Waals surface area contributed by atoms with Crippen LogP contribution in [0.25, 0.3) is 0 Å². The first-order valence-corrected chi connectivity index (χ1v) is 6.00. The van der Waals surface area contributed by atoms with Gasteiger partial charge in [0.15, 0.2) is 0 Å². The van der Waals surface area contributed by atoms with Crippen molar-refractivity contribution >= 4 is 0 Å². The molecule has 0 aliphatic heterocycles. The van der Waals surface area contributed by atoms with Crippen LogP contribution in [0.3, 0.4) is 0 Å². The molecule has 0 aromatic heterocycles. The minimum Gasteiger partial charge on any atom is -0.303 e. The molecule has 0 amide bonds. The van der Waals surface area contributed by atoms with E-state index in [1.54, 1.807) is 0 Å². The molecule has 0 saturated heterocycles. The van der Waals surface area contributed by atoms with Crippen LogP contribution in [0.1, 0.15) is 51.9 Å². The van der Waals surface area contributed by atoms with Gasteiger partial charge in [-0.3, -0.25) is 0 Å². The van der Waals surface area contributed by atoms with Crippen molar-refractivity contribution in [1.82, 2.24) is 5.32 Å². The van der Waals surface area contributed by atoms with Crippen LogP contribution in [-0.2, 0) is 0 Å². The van der Waals surface area contributed by atoms with Crippen molar-refractivity contribution in [2.75, 3.05) is 6.54 Å². The average molecular weight is 191 g/mol. The fourth-order valence-corrected chi connectivity index (χ4v) is 3.13. The molecule has 1 unspecified atom stereocenters. The normalized spacial score (nSPS) is 29.1. The minimum atomic E-state index is 0.688. The van der Waals surface area contributed by atoms with Crippen LogP contribution in [0.15, 0.2) is 0 Å². The molecule has 2 fully saturated rings. The van der Waals surface area contributed by atoms with Crippen LogP contribution < -0.4 is 5.32 Å². The van der Waals surface area contributed by atoms with Crippen molar-refractivity contribution in [3.05, 3.63) is 0 Å². The minimum absolute atomic E-state index is 0.688. The van der Waals surface area contributed by atoms with Gasteiger partial charge in [-0.25, -0.2) is 0 Å². The van der Waals surface area contributed by atoms with Gasteiger partial charge in [0.25, 0.3) is 0 Å². The van der Waals surface area contributed by atoms with E-state index in [-0.39, 0.29) is 0 Å². The average Bonchev–Trinajstić information content (AvgIpc) is 2.24. The Morgan fingerprint density at radius 2 is 2.00 bits per heavy atom. The molecule has 2 aliphatic rings. The van der Waals surface area contributed by atoms with E-state index in [9.17, 15) is 0 Å². The van der Waals surface area contributed by atoms with Crippen LogP contribution in [-0.4, -0.2) is 12.6 Å². The highest BCUT2D eigenvalue weighted by atomic mass is 14.9. The summed E-state index contributed by atoms with van der Waals surface area (Å²) in [4.78, 5) is 0. The zero-order chi connectivity index (χ0) is 9.86. The summed E-state index contributed by atoms with van der Waals surface area (Å²) in [6.45, 7) is 2.81. The molecule has 78 valence electrons. The van der Waals surface area contributed by atoms with Gasteiger partial charge in [-0.2, -0.15) is 0 Å².